The van der Waals surface area contributed by atoms with Crippen molar-refractivity contribution < 1.29 is 27.8 Å². The molecule has 3 nitrogen and oxygen atoms in total. The molecule has 6 heteroatoms. The smallest absolute Gasteiger partial charge is 0.416 e. The topological polar surface area (TPSA) is 46.5 Å². The van der Waals surface area contributed by atoms with Crippen LogP contribution in [-0.2, 0) is 11.0 Å². The molecule has 1 fully saturated rings. The van der Waals surface area contributed by atoms with Crippen molar-refractivity contribution >= 4 is 5.97 Å². The summed E-state index contributed by atoms with van der Waals surface area (Å²) in [4.78, 5) is 11.8. The standard InChI is InChI=1S/C22H23F3O3/c1-2-9-28-19-12-16(15-5-7-18(8-6-15)22(23,24)25)11-17(13-19)20(21(26)27)10-14-3-4-14/h5-8,11-14,20H,2-4,9-10H2,1H3,(H,26,27). The summed E-state index contributed by atoms with van der Waals surface area (Å²) in [5, 5.41) is 9.69. The predicted octanol–water partition coefficient (Wildman–Crippen LogP) is 6.13. The fourth-order valence-corrected chi connectivity index (χ4v) is 3.21. The van der Waals surface area contributed by atoms with E-state index in [2.05, 4.69) is 0 Å². The SMILES string of the molecule is CCCOc1cc(-c2ccc(C(F)(F)F)cc2)cc(C(CC2CC2)C(=O)O)c1. The van der Waals surface area contributed by atoms with Gasteiger partial charge in [0.25, 0.3) is 0 Å². The normalized spacial score (nSPS) is 15.3. The minimum atomic E-state index is -4.39. The second kappa shape index (κ2) is 8.25. The zero-order chi connectivity index (χ0) is 20.3. The van der Waals surface area contributed by atoms with E-state index in [1.165, 1.54) is 12.1 Å². The number of carboxylic acid groups (broad SMARTS) is 1. The molecule has 1 aliphatic carbocycles. The Labute approximate surface area is 162 Å². The molecule has 2 aromatic carbocycles. The zero-order valence-electron chi connectivity index (χ0n) is 15.6. The second-order valence-electron chi connectivity index (χ2n) is 7.28. The molecule has 150 valence electrons. The first-order valence-corrected chi connectivity index (χ1v) is 9.46. The number of alkyl halides is 3. The number of benzene rings is 2. The van der Waals surface area contributed by atoms with E-state index in [9.17, 15) is 23.1 Å². The van der Waals surface area contributed by atoms with Crippen LogP contribution in [0.3, 0.4) is 0 Å². The molecule has 1 unspecified atom stereocenters. The van der Waals surface area contributed by atoms with Crippen molar-refractivity contribution in [2.75, 3.05) is 6.61 Å². The van der Waals surface area contributed by atoms with Crippen LogP contribution < -0.4 is 4.74 Å². The summed E-state index contributed by atoms with van der Waals surface area (Å²) in [5.41, 5.74) is 1.15. The highest BCUT2D eigenvalue weighted by Gasteiger charge is 2.31. The van der Waals surface area contributed by atoms with E-state index >= 15 is 0 Å². The summed E-state index contributed by atoms with van der Waals surface area (Å²) < 4.78 is 44.2. The molecule has 1 aliphatic rings. The first-order valence-electron chi connectivity index (χ1n) is 9.46. The maximum Gasteiger partial charge on any atom is 0.416 e. The van der Waals surface area contributed by atoms with Crippen LogP contribution in [0.15, 0.2) is 42.5 Å². The Kier molecular flexibility index (Phi) is 5.96. The predicted molar refractivity (Wildman–Crippen MR) is 100 cm³/mol. The summed E-state index contributed by atoms with van der Waals surface area (Å²) in [6, 6.07) is 10.1. The summed E-state index contributed by atoms with van der Waals surface area (Å²) in [6.07, 6.45) is -0.944. The highest BCUT2D eigenvalue weighted by molar-refractivity contribution is 5.78. The summed E-state index contributed by atoms with van der Waals surface area (Å²) >= 11 is 0. The first kappa shape index (κ1) is 20.2. The number of aliphatic carboxylic acids is 1. The molecule has 3 rings (SSSR count). The van der Waals surface area contributed by atoms with Crippen molar-refractivity contribution in [2.45, 2.75) is 44.7 Å². The van der Waals surface area contributed by atoms with Crippen molar-refractivity contribution in [1.82, 2.24) is 0 Å². The summed E-state index contributed by atoms with van der Waals surface area (Å²) in [7, 11) is 0. The molecule has 0 aromatic heterocycles. The van der Waals surface area contributed by atoms with Crippen molar-refractivity contribution in [3.63, 3.8) is 0 Å². The lowest BCUT2D eigenvalue weighted by atomic mass is 9.90. The Bertz CT molecular complexity index is 824. The summed E-state index contributed by atoms with van der Waals surface area (Å²) in [6.45, 7) is 2.45. The molecule has 2 aromatic rings. The zero-order valence-corrected chi connectivity index (χ0v) is 15.6. The summed E-state index contributed by atoms with van der Waals surface area (Å²) in [5.74, 6) is -0.573. The number of rotatable bonds is 8. The van der Waals surface area contributed by atoms with Gasteiger partial charge >= 0.3 is 12.1 Å². The van der Waals surface area contributed by atoms with E-state index in [1.54, 1.807) is 18.2 Å². The highest BCUT2D eigenvalue weighted by atomic mass is 19.4. The molecule has 0 bridgehead atoms. The molecule has 0 amide bonds. The van der Waals surface area contributed by atoms with Gasteiger partial charge in [0, 0.05) is 0 Å². The Hall–Kier alpha value is -2.50. The number of hydrogen-bond donors (Lipinski definition) is 1. The third kappa shape index (κ3) is 5.06. The van der Waals surface area contributed by atoms with Crippen LogP contribution in [0.2, 0.25) is 0 Å². The molecule has 0 saturated heterocycles. The van der Waals surface area contributed by atoms with Crippen molar-refractivity contribution in [2.24, 2.45) is 5.92 Å². The number of hydrogen-bond acceptors (Lipinski definition) is 2. The van der Waals surface area contributed by atoms with Crippen LogP contribution >= 0.6 is 0 Å². The van der Waals surface area contributed by atoms with Crippen molar-refractivity contribution in [3.05, 3.63) is 53.6 Å². The number of carbonyl (C=O) groups is 1. The van der Waals surface area contributed by atoms with Gasteiger partial charge in [0.05, 0.1) is 18.1 Å². The van der Waals surface area contributed by atoms with Gasteiger partial charge in [-0.15, -0.1) is 0 Å². The van der Waals surface area contributed by atoms with Gasteiger partial charge < -0.3 is 9.84 Å². The van der Waals surface area contributed by atoms with E-state index in [0.717, 1.165) is 31.4 Å². The van der Waals surface area contributed by atoms with E-state index in [4.69, 9.17) is 4.74 Å². The molecule has 0 heterocycles. The fourth-order valence-electron chi connectivity index (χ4n) is 3.21. The van der Waals surface area contributed by atoms with Crippen LogP contribution in [0.5, 0.6) is 5.75 Å². The van der Waals surface area contributed by atoms with E-state index in [0.29, 0.717) is 41.4 Å². The van der Waals surface area contributed by atoms with Gasteiger partial charge in [0.1, 0.15) is 5.75 Å². The third-order valence-corrected chi connectivity index (χ3v) is 4.91. The molecule has 0 aliphatic heterocycles. The average molecular weight is 392 g/mol. The van der Waals surface area contributed by atoms with Gasteiger partial charge in [0.15, 0.2) is 0 Å². The van der Waals surface area contributed by atoms with Gasteiger partial charge in [-0.05, 0) is 59.7 Å². The maximum absolute atomic E-state index is 12.8. The molecule has 0 radical (unpaired) electrons. The first-order chi connectivity index (χ1) is 13.3. The van der Waals surface area contributed by atoms with Gasteiger partial charge in [-0.25, -0.2) is 0 Å². The second-order valence-corrected chi connectivity index (χ2v) is 7.28. The maximum atomic E-state index is 12.8. The lowest BCUT2D eigenvalue weighted by Gasteiger charge is -2.17. The fraction of sp³-hybridized carbons (Fsp3) is 0.409. The van der Waals surface area contributed by atoms with Crippen molar-refractivity contribution in [3.8, 4) is 16.9 Å². The van der Waals surface area contributed by atoms with Crippen LogP contribution in [0, 0.1) is 5.92 Å². The Morgan fingerprint density at radius 2 is 1.82 bits per heavy atom. The van der Waals surface area contributed by atoms with Gasteiger partial charge in [-0.3, -0.25) is 4.79 Å². The number of halogens is 3. The molecule has 28 heavy (non-hydrogen) atoms. The van der Waals surface area contributed by atoms with Crippen molar-refractivity contribution in [1.29, 1.82) is 0 Å². The average Bonchev–Trinajstić information content (AvgIpc) is 3.47. The molecule has 1 saturated carbocycles. The Morgan fingerprint density at radius 3 is 2.36 bits per heavy atom. The molecule has 0 spiro atoms. The Balaban J connectivity index is 1.98. The number of ether oxygens (including phenoxy) is 1. The number of carboxylic acids is 1. The van der Waals surface area contributed by atoms with Gasteiger partial charge in [-0.1, -0.05) is 38.0 Å². The van der Waals surface area contributed by atoms with Gasteiger partial charge in [-0.2, -0.15) is 13.2 Å². The van der Waals surface area contributed by atoms with Crippen LogP contribution in [0.4, 0.5) is 13.2 Å². The lowest BCUT2D eigenvalue weighted by molar-refractivity contribution is -0.139. The highest BCUT2D eigenvalue weighted by Crippen LogP contribution is 2.40. The lowest BCUT2D eigenvalue weighted by Crippen LogP contribution is -2.13. The van der Waals surface area contributed by atoms with E-state index < -0.39 is 23.6 Å². The minimum Gasteiger partial charge on any atom is -0.494 e. The quantitative estimate of drug-likeness (QED) is 0.588. The minimum absolute atomic E-state index is 0.427. The molecule has 1 atom stereocenters. The van der Waals surface area contributed by atoms with Gasteiger partial charge in [0.2, 0.25) is 0 Å². The largest absolute Gasteiger partial charge is 0.494 e. The third-order valence-electron chi connectivity index (χ3n) is 4.91. The van der Waals surface area contributed by atoms with Crippen LogP contribution in [-0.4, -0.2) is 17.7 Å². The van der Waals surface area contributed by atoms with E-state index in [1.807, 2.05) is 6.92 Å². The Morgan fingerprint density at radius 1 is 1.14 bits per heavy atom. The molecule has 1 N–H and O–H groups in total. The monoisotopic (exact) mass is 392 g/mol. The van der Waals surface area contributed by atoms with Crippen LogP contribution in [0.25, 0.3) is 11.1 Å². The molecular weight excluding hydrogens is 369 g/mol. The van der Waals surface area contributed by atoms with E-state index in [-0.39, 0.29) is 0 Å². The molecular formula is C22H23F3O3. The van der Waals surface area contributed by atoms with Crippen LogP contribution in [0.1, 0.15) is 49.7 Å².